The van der Waals surface area contributed by atoms with Crippen LogP contribution in [0.2, 0.25) is 0 Å². The molecule has 1 heterocycles. The molecule has 21 heavy (non-hydrogen) atoms. The van der Waals surface area contributed by atoms with Gasteiger partial charge in [-0.15, -0.1) is 0 Å². The highest BCUT2D eigenvalue weighted by Crippen LogP contribution is 1.99. The largest absolute Gasteiger partial charge is 0.389 e. The quantitative estimate of drug-likeness (QED) is 0.719. The van der Waals surface area contributed by atoms with Gasteiger partial charge in [0.2, 0.25) is 0 Å². The molecule has 120 valence electrons. The molecule has 1 aromatic heterocycles. The second-order valence-corrected chi connectivity index (χ2v) is 6.09. The lowest BCUT2D eigenvalue weighted by Crippen LogP contribution is -2.31. The number of rotatable bonds is 9. The molecule has 0 aliphatic rings. The van der Waals surface area contributed by atoms with Gasteiger partial charge in [-0.1, -0.05) is 27.7 Å². The maximum absolute atomic E-state index is 12.1. The third kappa shape index (κ3) is 6.73. The zero-order valence-corrected chi connectivity index (χ0v) is 13.4. The number of anilines is 1. The van der Waals surface area contributed by atoms with Crippen molar-refractivity contribution in [3.8, 4) is 0 Å². The van der Waals surface area contributed by atoms with Crippen molar-refractivity contribution in [3.63, 3.8) is 0 Å². The summed E-state index contributed by atoms with van der Waals surface area (Å²) in [7, 11) is 0. The van der Waals surface area contributed by atoms with Crippen molar-refractivity contribution < 1.29 is 9.84 Å². The number of nitrogens with zero attached hydrogens (tertiary/aromatic N) is 2. The Balaban J connectivity index is 2.50. The SMILES string of the molecule is CC(C)COCC(O)CNc1nccn(CC(C)C)c1=O. The Morgan fingerprint density at radius 1 is 1.29 bits per heavy atom. The van der Waals surface area contributed by atoms with Gasteiger partial charge in [-0.2, -0.15) is 0 Å². The summed E-state index contributed by atoms with van der Waals surface area (Å²) in [6, 6.07) is 0. The van der Waals surface area contributed by atoms with Gasteiger partial charge >= 0.3 is 0 Å². The number of hydrogen-bond acceptors (Lipinski definition) is 5. The molecule has 0 fully saturated rings. The van der Waals surface area contributed by atoms with Crippen molar-refractivity contribution in [2.45, 2.75) is 40.3 Å². The Hall–Kier alpha value is -1.40. The maximum atomic E-state index is 12.1. The number of ether oxygens (including phenoxy) is 1. The fraction of sp³-hybridized carbons (Fsp3) is 0.733. The molecule has 1 aromatic rings. The summed E-state index contributed by atoms with van der Waals surface area (Å²) >= 11 is 0. The molecular formula is C15H27N3O3. The zero-order valence-electron chi connectivity index (χ0n) is 13.4. The molecule has 1 unspecified atom stereocenters. The van der Waals surface area contributed by atoms with Crippen LogP contribution >= 0.6 is 0 Å². The number of nitrogens with one attached hydrogen (secondary N) is 1. The van der Waals surface area contributed by atoms with E-state index in [-0.39, 0.29) is 24.5 Å². The minimum atomic E-state index is -0.663. The van der Waals surface area contributed by atoms with Crippen LogP contribution in [0.1, 0.15) is 27.7 Å². The van der Waals surface area contributed by atoms with Gasteiger partial charge in [-0.05, 0) is 11.8 Å². The van der Waals surface area contributed by atoms with Crippen molar-refractivity contribution in [1.29, 1.82) is 0 Å². The standard InChI is InChI=1S/C15H27N3O3/c1-11(2)8-18-6-5-16-14(15(18)20)17-7-13(19)10-21-9-12(3)4/h5-6,11-13,19H,7-10H2,1-4H3,(H,16,17). The Labute approximate surface area is 126 Å². The first-order valence-corrected chi connectivity index (χ1v) is 7.45. The van der Waals surface area contributed by atoms with Crippen LogP contribution in [0.4, 0.5) is 5.82 Å². The van der Waals surface area contributed by atoms with Gasteiger partial charge in [0.15, 0.2) is 5.82 Å². The van der Waals surface area contributed by atoms with Gasteiger partial charge in [-0.25, -0.2) is 4.98 Å². The summed E-state index contributed by atoms with van der Waals surface area (Å²) in [5.74, 6) is 1.08. The third-order valence-electron chi connectivity index (χ3n) is 2.74. The first kappa shape index (κ1) is 17.7. The van der Waals surface area contributed by atoms with Crippen molar-refractivity contribution in [3.05, 3.63) is 22.7 Å². The van der Waals surface area contributed by atoms with Gasteiger partial charge < -0.3 is 19.7 Å². The van der Waals surface area contributed by atoms with Crippen molar-refractivity contribution in [1.82, 2.24) is 9.55 Å². The molecule has 6 nitrogen and oxygen atoms in total. The lowest BCUT2D eigenvalue weighted by atomic mass is 10.2. The average molecular weight is 297 g/mol. The van der Waals surface area contributed by atoms with E-state index in [4.69, 9.17) is 4.74 Å². The highest BCUT2D eigenvalue weighted by Gasteiger charge is 2.09. The molecule has 0 bridgehead atoms. The summed E-state index contributed by atoms with van der Waals surface area (Å²) in [6.45, 7) is 9.96. The monoisotopic (exact) mass is 297 g/mol. The summed E-state index contributed by atoms with van der Waals surface area (Å²) in [6.07, 6.45) is 2.60. The van der Waals surface area contributed by atoms with E-state index < -0.39 is 6.10 Å². The number of aliphatic hydroxyl groups excluding tert-OH is 1. The molecular weight excluding hydrogens is 270 g/mol. The lowest BCUT2D eigenvalue weighted by molar-refractivity contribution is 0.0317. The molecule has 0 amide bonds. The van der Waals surface area contributed by atoms with Gasteiger partial charge in [0.05, 0.1) is 12.7 Å². The molecule has 0 spiro atoms. The summed E-state index contributed by atoms with van der Waals surface area (Å²) in [5, 5.41) is 12.7. The summed E-state index contributed by atoms with van der Waals surface area (Å²) in [5.41, 5.74) is -0.165. The van der Waals surface area contributed by atoms with Crippen LogP contribution in [0, 0.1) is 11.8 Å². The Morgan fingerprint density at radius 2 is 2.00 bits per heavy atom. The van der Waals surface area contributed by atoms with Crippen LogP contribution in [-0.2, 0) is 11.3 Å². The van der Waals surface area contributed by atoms with Gasteiger partial charge in [0.1, 0.15) is 0 Å². The van der Waals surface area contributed by atoms with Crippen LogP contribution in [0.25, 0.3) is 0 Å². The van der Waals surface area contributed by atoms with Gasteiger partial charge in [0.25, 0.3) is 5.56 Å². The van der Waals surface area contributed by atoms with E-state index in [0.29, 0.717) is 25.0 Å². The van der Waals surface area contributed by atoms with Crippen molar-refractivity contribution in [2.75, 3.05) is 25.1 Å². The van der Waals surface area contributed by atoms with Gasteiger partial charge in [-0.3, -0.25) is 4.79 Å². The molecule has 6 heteroatoms. The van der Waals surface area contributed by atoms with Gasteiger partial charge in [0, 0.05) is 32.1 Å². The highest BCUT2D eigenvalue weighted by molar-refractivity contribution is 5.30. The topological polar surface area (TPSA) is 76.4 Å². The first-order chi connectivity index (χ1) is 9.90. The Morgan fingerprint density at radius 3 is 2.62 bits per heavy atom. The van der Waals surface area contributed by atoms with E-state index in [1.165, 1.54) is 0 Å². The molecule has 0 aliphatic heterocycles. The lowest BCUT2D eigenvalue weighted by Gasteiger charge is -2.14. The van der Waals surface area contributed by atoms with E-state index in [1.54, 1.807) is 17.0 Å². The minimum Gasteiger partial charge on any atom is -0.389 e. The highest BCUT2D eigenvalue weighted by atomic mass is 16.5. The van der Waals surface area contributed by atoms with E-state index in [2.05, 4.69) is 38.0 Å². The second kappa shape index (κ2) is 8.79. The first-order valence-electron chi connectivity index (χ1n) is 7.45. The van der Waals surface area contributed by atoms with Crippen LogP contribution in [0.5, 0.6) is 0 Å². The average Bonchev–Trinajstić information content (AvgIpc) is 2.39. The smallest absolute Gasteiger partial charge is 0.293 e. The minimum absolute atomic E-state index is 0.165. The van der Waals surface area contributed by atoms with Crippen LogP contribution in [0.15, 0.2) is 17.2 Å². The fourth-order valence-electron chi connectivity index (χ4n) is 1.82. The van der Waals surface area contributed by atoms with Crippen LogP contribution < -0.4 is 10.9 Å². The predicted molar refractivity (Wildman–Crippen MR) is 83.5 cm³/mol. The Bertz CT molecular complexity index is 471. The normalized spacial score (nSPS) is 12.9. The van der Waals surface area contributed by atoms with Crippen LogP contribution in [0.3, 0.4) is 0 Å². The summed E-state index contributed by atoms with van der Waals surface area (Å²) in [4.78, 5) is 16.2. The molecule has 0 radical (unpaired) electrons. The van der Waals surface area contributed by atoms with E-state index in [1.807, 2.05) is 0 Å². The summed E-state index contributed by atoms with van der Waals surface area (Å²) < 4.78 is 6.98. The number of hydrogen-bond donors (Lipinski definition) is 2. The molecule has 0 aliphatic carbocycles. The zero-order chi connectivity index (χ0) is 15.8. The van der Waals surface area contributed by atoms with Crippen molar-refractivity contribution in [2.24, 2.45) is 11.8 Å². The Kier molecular flexibility index (Phi) is 7.39. The number of aromatic nitrogens is 2. The number of aliphatic hydroxyl groups is 1. The van der Waals surface area contributed by atoms with E-state index in [9.17, 15) is 9.90 Å². The van der Waals surface area contributed by atoms with Crippen molar-refractivity contribution >= 4 is 5.82 Å². The predicted octanol–water partition coefficient (Wildman–Crippen LogP) is 1.34. The molecule has 1 atom stereocenters. The maximum Gasteiger partial charge on any atom is 0.293 e. The third-order valence-corrected chi connectivity index (χ3v) is 2.74. The molecule has 0 aromatic carbocycles. The van der Waals surface area contributed by atoms with E-state index in [0.717, 1.165) is 0 Å². The fourth-order valence-corrected chi connectivity index (χ4v) is 1.82. The molecule has 0 saturated heterocycles. The molecule has 0 saturated carbocycles. The molecule has 2 N–H and O–H groups in total. The molecule has 1 rings (SSSR count). The van der Waals surface area contributed by atoms with E-state index >= 15 is 0 Å². The van der Waals surface area contributed by atoms with Crippen LogP contribution in [-0.4, -0.2) is 40.5 Å². The second-order valence-electron chi connectivity index (χ2n) is 6.09.